The molecule has 0 spiro atoms. The lowest BCUT2D eigenvalue weighted by molar-refractivity contribution is 0.00578. The van der Waals surface area contributed by atoms with Crippen LogP contribution in [0, 0.1) is 0 Å². The van der Waals surface area contributed by atoms with Gasteiger partial charge in [0.2, 0.25) is 0 Å². The first-order valence-electron chi connectivity index (χ1n) is 7.39. The van der Waals surface area contributed by atoms with Crippen LogP contribution in [0.3, 0.4) is 0 Å². The number of carbonyl (C=O) groups excluding carboxylic acids is 1. The summed E-state index contributed by atoms with van der Waals surface area (Å²) >= 11 is 0. The van der Waals surface area contributed by atoms with Crippen molar-refractivity contribution in [2.75, 3.05) is 6.54 Å². The van der Waals surface area contributed by atoms with Crippen LogP contribution in [0.15, 0.2) is 23.8 Å². The Morgan fingerprint density at radius 3 is 2.27 bits per heavy atom. The Labute approximate surface area is 132 Å². The summed E-state index contributed by atoms with van der Waals surface area (Å²) < 4.78 is 12.0. The summed E-state index contributed by atoms with van der Waals surface area (Å²) in [5.41, 5.74) is 7.20. The molecule has 0 aromatic carbocycles. The van der Waals surface area contributed by atoms with Crippen LogP contribution in [0.25, 0.3) is 6.08 Å². The molecule has 0 unspecified atom stereocenters. The highest BCUT2D eigenvalue weighted by Gasteiger charge is 2.52. The summed E-state index contributed by atoms with van der Waals surface area (Å²) in [6.07, 6.45) is 3.55. The Balaban J connectivity index is 2.23. The topological polar surface area (TPSA) is 74.4 Å². The molecular formula is C16H23BN2O3. The Bertz CT molecular complexity index is 578. The molecule has 0 radical (unpaired) electrons. The van der Waals surface area contributed by atoms with Gasteiger partial charge in [0.15, 0.2) is 5.78 Å². The fourth-order valence-electron chi connectivity index (χ4n) is 2.13. The molecule has 5 nitrogen and oxygen atoms in total. The van der Waals surface area contributed by atoms with E-state index in [9.17, 15) is 4.79 Å². The van der Waals surface area contributed by atoms with Gasteiger partial charge in [0.05, 0.1) is 11.2 Å². The number of pyridine rings is 1. The predicted molar refractivity (Wildman–Crippen MR) is 87.4 cm³/mol. The summed E-state index contributed by atoms with van der Waals surface area (Å²) in [5, 5.41) is 0. The van der Waals surface area contributed by atoms with E-state index in [1.807, 2.05) is 39.8 Å². The van der Waals surface area contributed by atoms with E-state index in [4.69, 9.17) is 15.0 Å². The van der Waals surface area contributed by atoms with E-state index in [0.29, 0.717) is 12.2 Å². The first-order chi connectivity index (χ1) is 10.2. The van der Waals surface area contributed by atoms with Crippen LogP contribution in [0.2, 0.25) is 0 Å². The number of hydrogen-bond acceptors (Lipinski definition) is 5. The first-order valence-corrected chi connectivity index (χ1v) is 7.39. The van der Waals surface area contributed by atoms with Crippen molar-refractivity contribution in [1.29, 1.82) is 0 Å². The average molecular weight is 302 g/mol. The number of nitrogens with two attached hydrogens (primary N) is 1. The number of nitrogens with zero attached hydrogens (tertiary/aromatic N) is 1. The maximum atomic E-state index is 11.2. The van der Waals surface area contributed by atoms with E-state index in [-0.39, 0.29) is 5.78 Å². The molecule has 0 amide bonds. The first kappa shape index (κ1) is 16.9. The molecule has 2 heterocycles. The van der Waals surface area contributed by atoms with Gasteiger partial charge >= 0.3 is 7.12 Å². The molecule has 2 N–H and O–H groups in total. The molecule has 1 fully saturated rings. The van der Waals surface area contributed by atoms with E-state index in [0.717, 1.165) is 11.0 Å². The molecule has 0 aliphatic carbocycles. The highest BCUT2D eigenvalue weighted by atomic mass is 16.7. The second-order valence-electron chi connectivity index (χ2n) is 6.54. The SMILES string of the molecule is CC(=O)c1ccc(C=C(CN)B2OC(C)(C)C(C)(C)O2)cn1. The Hall–Kier alpha value is -1.50. The minimum atomic E-state index is -0.470. The summed E-state index contributed by atoms with van der Waals surface area (Å²) in [5.74, 6) is -0.0551. The third-order valence-electron chi connectivity index (χ3n) is 4.29. The molecule has 118 valence electrons. The molecular weight excluding hydrogens is 279 g/mol. The fourth-order valence-corrected chi connectivity index (χ4v) is 2.13. The van der Waals surface area contributed by atoms with Gasteiger partial charge in [-0.05, 0) is 44.8 Å². The number of carbonyl (C=O) groups is 1. The summed E-state index contributed by atoms with van der Waals surface area (Å²) in [7, 11) is -0.470. The van der Waals surface area contributed by atoms with Crippen LogP contribution < -0.4 is 5.73 Å². The molecule has 0 saturated carbocycles. The molecule has 0 atom stereocenters. The molecule has 2 rings (SSSR count). The summed E-state index contributed by atoms with van der Waals surface area (Å²) in [4.78, 5) is 15.4. The maximum absolute atomic E-state index is 11.2. The molecule has 1 aliphatic rings. The molecule has 0 bridgehead atoms. The molecule has 1 aromatic heterocycles. The minimum Gasteiger partial charge on any atom is -0.400 e. The third kappa shape index (κ3) is 3.29. The van der Waals surface area contributed by atoms with Gasteiger partial charge in [-0.25, -0.2) is 0 Å². The Morgan fingerprint density at radius 1 is 1.27 bits per heavy atom. The van der Waals surface area contributed by atoms with E-state index >= 15 is 0 Å². The van der Waals surface area contributed by atoms with Crippen molar-refractivity contribution < 1.29 is 14.1 Å². The standard InChI is InChI=1S/C16H23BN2O3/c1-11(20)14-7-6-12(10-19-14)8-13(9-18)17-21-15(2,3)16(4,5)22-17/h6-8,10H,9,18H2,1-5H3. The van der Waals surface area contributed by atoms with E-state index in [2.05, 4.69) is 4.98 Å². The van der Waals surface area contributed by atoms with E-state index in [1.54, 1.807) is 12.3 Å². The second-order valence-corrected chi connectivity index (χ2v) is 6.54. The highest BCUT2D eigenvalue weighted by molar-refractivity contribution is 6.55. The molecule has 22 heavy (non-hydrogen) atoms. The monoisotopic (exact) mass is 302 g/mol. The number of aromatic nitrogens is 1. The van der Waals surface area contributed by atoms with Crippen molar-refractivity contribution in [1.82, 2.24) is 4.98 Å². The average Bonchev–Trinajstić information content (AvgIpc) is 2.65. The fraction of sp³-hybridized carbons (Fsp3) is 0.500. The smallest absolute Gasteiger partial charge is 0.400 e. The lowest BCUT2D eigenvalue weighted by Gasteiger charge is -2.32. The second kappa shape index (κ2) is 5.95. The number of rotatable bonds is 4. The maximum Gasteiger partial charge on any atom is 0.491 e. The lowest BCUT2D eigenvalue weighted by Crippen LogP contribution is -2.41. The van der Waals surface area contributed by atoms with Crippen LogP contribution >= 0.6 is 0 Å². The van der Waals surface area contributed by atoms with Crippen molar-refractivity contribution >= 4 is 19.0 Å². The van der Waals surface area contributed by atoms with Crippen LogP contribution in [-0.4, -0.2) is 35.6 Å². The molecule has 1 saturated heterocycles. The quantitative estimate of drug-likeness (QED) is 0.682. The number of hydrogen-bond donors (Lipinski definition) is 1. The largest absolute Gasteiger partial charge is 0.491 e. The van der Waals surface area contributed by atoms with E-state index < -0.39 is 18.3 Å². The lowest BCUT2D eigenvalue weighted by atomic mass is 9.77. The van der Waals surface area contributed by atoms with Crippen LogP contribution in [0.1, 0.15) is 50.7 Å². The summed E-state index contributed by atoms with van der Waals surface area (Å²) in [6.45, 7) is 9.84. The van der Waals surface area contributed by atoms with Crippen molar-refractivity contribution in [3.63, 3.8) is 0 Å². The van der Waals surface area contributed by atoms with Gasteiger partial charge in [0, 0.05) is 19.7 Å². The zero-order chi connectivity index (χ0) is 16.5. The van der Waals surface area contributed by atoms with Crippen LogP contribution in [0.4, 0.5) is 0 Å². The van der Waals surface area contributed by atoms with Gasteiger partial charge in [-0.2, -0.15) is 0 Å². The Kier molecular flexibility index (Phi) is 4.56. The molecule has 1 aromatic rings. The normalized spacial score (nSPS) is 20.3. The predicted octanol–water partition coefficient (Wildman–Crippen LogP) is 2.26. The van der Waals surface area contributed by atoms with Crippen molar-refractivity contribution in [3.8, 4) is 0 Å². The van der Waals surface area contributed by atoms with Crippen molar-refractivity contribution in [2.24, 2.45) is 5.73 Å². The number of ketones is 1. The molecule has 1 aliphatic heterocycles. The van der Waals surface area contributed by atoms with Crippen LogP contribution in [0.5, 0.6) is 0 Å². The van der Waals surface area contributed by atoms with Gasteiger partial charge < -0.3 is 15.0 Å². The van der Waals surface area contributed by atoms with Gasteiger partial charge in [-0.15, -0.1) is 0 Å². The third-order valence-corrected chi connectivity index (χ3v) is 4.29. The van der Waals surface area contributed by atoms with Crippen molar-refractivity contribution in [2.45, 2.75) is 45.8 Å². The van der Waals surface area contributed by atoms with Gasteiger partial charge in [0.25, 0.3) is 0 Å². The van der Waals surface area contributed by atoms with Crippen molar-refractivity contribution in [3.05, 3.63) is 35.1 Å². The van der Waals surface area contributed by atoms with Crippen LogP contribution in [-0.2, 0) is 9.31 Å². The van der Waals surface area contributed by atoms with E-state index in [1.165, 1.54) is 6.92 Å². The van der Waals surface area contributed by atoms with Gasteiger partial charge in [0.1, 0.15) is 5.69 Å². The Morgan fingerprint density at radius 2 is 1.86 bits per heavy atom. The van der Waals surface area contributed by atoms with Gasteiger partial charge in [-0.1, -0.05) is 12.1 Å². The zero-order valence-electron chi connectivity index (χ0n) is 13.8. The minimum absolute atomic E-state index is 0.0551. The van der Waals surface area contributed by atoms with Gasteiger partial charge in [-0.3, -0.25) is 9.78 Å². The zero-order valence-corrected chi connectivity index (χ0v) is 13.8. The summed E-state index contributed by atoms with van der Waals surface area (Å²) in [6, 6.07) is 3.54. The number of Topliss-reactive ketones (excluding diaryl/α,β-unsaturated/α-hetero) is 1. The highest BCUT2D eigenvalue weighted by Crippen LogP contribution is 2.38. The molecule has 6 heteroatoms.